The molecule has 0 aliphatic carbocycles. The summed E-state index contributed by atoms with van der Waals surface area (Å²) in [5, 5.41) is 3.24. The number of halogens is 2. The Labute approximate surface area is 133 Å². The minimum atomic E-state index is -0.564. The van der Waals surface area contributed by atoms with E-state index in [2.05, 4.69) is 26.2 Å². The highest BCUT2D eigenvalue weighted by atomic mass is 79.9. The number of anilines is 1. The number of rotatable bonds is 2. The van der Waals surface area contributed by atoms with E-state index in [0.717, 1.165) is 4.47 Å². The smallest absolute Gasteiger partial charge is 0.261 e. The van der Waals surface area contributed by atoms with E-state index < -0.39 is 17.3 Å². The highest BCUT2D eigenvalue weighted by molar-refractivity contribution is 9.10. The first-order chi connectivity index (χ1) is 10.5. The van der Waals surface area contributed by atoms with Crippen LogP contribution in [0.4, 0.5) is 10.1 Å². The summed E-state index contributed by atoms with van der Waals surface area (Å²) in [6.45, 7) is 0. The molecule has 0 aliphatic rings. The van der Waals surface area contributed by atoms with Gasteiger partial charge in [-0.25, -0.2) is 4.39 Å². The molecular formula is C16H10BrFN2O2. The van der Waals surface area contributed by atoms with Gasteiger partial charge in [0.1, 0.15) is 11.4 Å². The van der Waals surface area contributed by atoms with E-state index in [9.17, 15) is 14.0 Å². The molecule has 0 radical (unpaired) electrons. The zero-order chi connectivity index (χ0) is 15.7. The van der Waals surface area contributed by atoms with Crippen LogP contribution in [0.1, 0.15) is 10.4 Å². The molecule has 1 amide bonds. The number of amides is 1. The van der Waals surface area contributed by atoms with Gasteiger partial charge < -0.3 is 10.3 Å². The van der Waals surface area contributed by atoms with E-state index in [1.807, 2.05) is 6.07 Å². The molecule has 22 heavy (non-hydrogen) atoms. The van der Waals surface area contributed by atoms with Crippen molar-refractivity contribution in [3.05, 3.63) is 74.7 Å². The maximum absolute atomic E-state index is 13.1. The van der Waals surface area contributed by atoms with Crippen LogP contribution in [0, 0.1) is 5.82 Å². The Morgan fingerprint density at radius 3 is 2.73 bits per heavy atom. The average molecular weight is 361 g/mol. The number of carbonyl (C=O) groups is 1. The molecule has 4 nitrogen and oxygen atoms in total. The van der Waals surface area contributed by atoms with Crippen molar-refractivity contribution in [2.45, 2.75) is 0 Å². The quantitative estimate of drug-likeness (QED) is 0.732. The van der Waals surface area contributed by atoms with E-state index in [1.54, 1.807) is 18.2 Å². The van der Waals surface area contributed by atoms with Gasteiger partial charge in [-0.15, -0.1) is 0 Å². The number of fused-ring (bicyclic) bond motifs is 1. The Hall–Kier alpha value is -2.47. The summed E-state index contributed by atoms with van der Waals surface area (Å²) >= 11 is 3.31. The lowest BCUT2D eigenvalue weighted by molar-refractivity contribution is 0.102. The molecule has 0 bridgehead atoms. The first-order valence-corrected chi connectivity index (χ1v) is 7.22. The van der Waals surface area contributed by atoms with Crippen molar-refractivity contribution >= 4 is 38.4 Å². The molecule has 1 heterocycles. The average Bonchev–Trinajstić information content (AvgIpc) is 2.46. The third kappa shape index (κ3) is 2.92. The Balaban J connectivity index is 1.98. The topological polar surface area (TPSA) is 62.0 Å². The Morgan fingerprint density at radius 2 is 1.95 bits per heavy atom. The summed E-state index contributed by atoms with van der Waals surface area (Å²) in [5.41, 5.74) is 0.326. The highest BCUT2D eigenvalue weighted by Gasteiger charge is 2.12. The second-order valence-electron chi connectivity index (χ2n) is 4.71. The Kier molecular flexibility index (Phi) is 3.77. The molecule has 6 heteroatoms. The van der Waals surface area contributed by atoms with Crippen LogP contribution in [-0.4, -0.2) is 10.9 Å². The number of benzene rings is 2. The molecule has 0 aliphatic heterocycles. The summed E-state index contributed by atoms with van der Waals surface area (Å²) in [4.78, 5) is 26.7. The van der Waals surface area contributed by atoms with Gasteiger partial charge in [0.2, 0.25) is 0 Å². The SMILES string of the molecule is O=C(Nc1cccc(Br)c1)c1cc2ccc(F)cc2[nH]c1=O. The van der Waals surface area contributed by atoms with E-state index in [0.29, 0.717) is 16.6 Å². The van der Waals surface area contributed by atoms with Gasteiger partial charge in [-0.2, -0.15) is 0 Å². The van der Waals surface area contributed by atoms with Crippen molar-refractivity contribution in [2.75, 3.05) is 5.32 Å². The molecule has 3 aromatic rings. The second kappa shape index (κ2) is 5.73. The van der Waals surface area contributed by atoms with Crippen LogP contribution in [0.3, 0.4) is 0 Å². The van der Waals surface area contributed by atoms with Crippen LogP contribution in [0.2, 0.25) is 0 Å². The number of hydrogen-bond acceptors (Lipinski definition) is 2. The van der Waals surface area contributed by atoms with Crippen LogP contribution in [0.5, 0.6) is 0 Å². The Morgan fingerprint density at radius 1 is 1.14 bits per heavy atom. The van der Waals surface area contributed by atoms with E-state index in [4.69, 9.17) is 0 Å². The van der Waals surface area contributed by atoms with Crippen LogP contribution in [0.25, 0.3) is 10.9 Å². The molecule has 0 saturated heterocycles. The molecular weight excluding hydrogens is 351 g/mol. The zero-order valence-corrected chi connectivity index (χ0v) is 12.8. The summed E-state index contributed by atoms with van der Waals surface area (Å²) in [6.07, 6.45) is 0. The van der Waals surface area contributed by atoms with E-state index in [1.165, 1.54) is 24.3 Å². The molecule has 0 atom stereocenters. The summed E-state index contributed by atoms with van der Waals surface area (Å²) < 4.78 is 14.0. The van der Waals surface area contributed by atoms with Gasteiger partial charge in [0.15, 0.2) is 0 Å². The van der Waals surface area contributed by atoms with Gasteiger partial charge in [-0.1, -0.05) is 22.0 Å². The molecule has 3 rings (SSSR count). The lowest BCUT2D eigenvalue weighted by atomic mass is 10.1. The fourth-order valence-electron chi connectivity index (χ4n) is 2.11. The van der Waals surface area contributed by atoms with Gasteiger partial charge in [0.05, 0.1) is 5.52 Å². The van der Waals surface area contributed by atoms with Crippen LogP contribution >= 0.6 is 15.9 Å². The fourth-order valence-corrected chi connectivity index (χ4v) is 2.51. The molecule has 0 fully saturated rings. The van der Waals surface area contributed by atoms with Crippen LogP contribution in [-0.2, 0) is 0 Å². The number of H-pyrrole nitrogens is 1. The van der Waals surface area contributed by atoms with Crippen LogP contribution in [0.15, 0.2) is 57.8 Å². The van der Waals surface area contributed by atoms with Crippen molar-refractivity contribution in [3.63, 3.8) is 0 Å². The minimum absolute atomic E-state index is 0.0286. The molecule has 2 aromatic carbocycles. The summed E-state index contributed by atoms with van der Waals surface area (Å²) in [7, 11) is 0. The molecule has 2 N–H and O–H groups in total. The number of nitrogens with one attached hydrogen (secondary N) is 2. The number of aromatic amines is 1. The van der Waals surface area contributed by atoms with Crippen molar-refractivity contribution < 1.29 is 9.18 Å². The molecule has 0 spiro atoms. The molecule has 0 unspecified atom stereocenters. The normalized spacial score (nSPS) is 10.6. The number of hydrogen-bond donors (Lipinski definition) is 2. The first-order valence-electron chi connectivity index (χ1n) is 6.42. The maximum Gasteiger partial charge on any atom is 0.261 e. The van der Waals surface area contributed by atoms with Crippen molar-refractivity contribution in [1.82, 2.24) is 4.98 Å². The standard InChI is InChI=1S/C16H10BrFN2O2/c17-10-2-1-3-12(7-10)19-15(21)13-6-9-4-5-11(18)8-14(9)20-16(13)22/h1-8H,(H,19,21)(H,20,22). The number of pyridine rings is 1. The van der Waals surface area contributed by atoms with E-state index in [-0.39, 0.29) is 5.56 Å². The maximum atomic E-state index is 13.1. The highest BCUT2D eigenvalue weighted by Crippen LogP contribution is 2.17. The third-order valence-corrected chi connectivity index (χ3v) is 3.63. The van der Waals surface area contributed by atoms with E-state index >= 15 is 0 Å². The van der Waals surface area contributed by atoms with Gasteiger partial charge in [0.25, 0.3) is 11.5 Å². The van der Waals surface area contributed by atoms with Crippen LogP contribution < -0.4 is 10.9 Å². The predicted octanol–water partition coefficient (Wildman–Crippen LogP) is 3.68. The van der Waals surface area contributed by atoms with Gasteiger partial charge in [-0.05, 0) is 47.9 Å². The second-order valence-corrected chi connectivity index (χ2v) is 5.62. The summed E-state index contributed by atoms with van der Waals surface area (Å²) in [6, 6.07) is 12.5. The number of carbonyl (C=O) groups excluding carboxylic acids is 1. The van der Waals surface area contributed by atoms with Crippen molar-refractivity contribution in [2.24, 2.45) is 0 Å². The zero-order valence-electron chi connectivity index (χ0n) is 11.2. The summed E-state index contributed by atoms with van der Waals surface area (Å²) in [5.74, 6) is -0.972. The Bertz CT molecular complexity index is 937. The van der Waals surface area contributed by atoms with Crippen molar-refractivity contribution in [1.29, 1.82) is 0 Å². The predicted molar refractivity (Wildman–Crippen MR) is 86.6 cm³/mol. The minimum Gasteiger partial charge on any atom is -0.322 e. The fraction of sp³-hybridized carbons (Fsp3) is 0. The largest absolute Gasteiger partial charge is 0.322 e. The molecule has 1 aromatic heterocycles. The monoisotopic (exact) mass is 360 g/mol. The number of aromatic nitrogens is 1. The molecule has 0 saturated carbocycles. The van der Waals surface area contributed by atoms with Gasteiger partial charge in [0, 0.05) is 10.2 Å². The lowest BCUT2D eigenvalue weighted by Crippen LogP contribution is -2.23. The molecule has 110 valence electrons. The van der Waals surface area contributed by atoms with Gasteiger partial charge >= 0.3 is 0 Å². The third-order valence-electron chi connectivity index (χ3n) is 3.14. The van der Waals surface area contributed by atoms with Gasteiger partial charge in [-0.3, -0.25) is 9.59 Å². The first kappa shape index (κ1) is 14.5. The lowest BCUT2D eigenvalue weighted by Gasteiger charge is -2.06. The van der Waals surface area contributed by atoms with Crippen molar-refractivity contribution in [3.8, 4) is 0 Å².